The number of fused-ring (bicyclic) bond motifs is 1. The first-order valence-electron chi connectivity index (χ1n) is 8.64. The van der Waals surface area contributed by atoms with Crippen molar-refractivity contribution in [1.82, 2.24) is 4.98 Å². The quantitative estimate of drug-likeness (QED) is 0.717. The minimum atomic E-state index is -0.0721. The largest absolute Gasteiger partial charge is 0.454 e. The van der Waals surface area contributed by atoms with Crippen molar-refractivity contribution < 1.29 is 14.3 Å². The van der Waals surface area contributed by atoms with Gasteiger partial charge >= 0.3 is 0 Å². The fourth-order valence-electron chi connectivity index (χ4n) is 2.76. The monoisotopic (exact) mass is 361 g/mol. The molecule has 0 bridgehead atoms. The van der Waals surface area contributed by atoms with Gasteiger partial charge < -0.3 is 20.1 Å². The molecule has 0 saturated heterocycles. The van der Waals surface area contributed by atoms with Gasteiger partial charge in [0.05, 0.1) is 18.3 Å². The van der Waals surface area contributed by atoms with Crippen LogP contribution in [0.4, 0.5) is 17.2 Å². The van der Waals surface area contributed by atoms with E-state index in [0.717, 1.165) is 17.0 Å². The normalized spacial score (nSPS) is 11.9. The topological polar surface area (TPSA) is 72.5 Å². The van der Waals surface area contributed by atoms with Crippen LogP contribution in [0.2, 0.25) is 0 Å². The number of aryl methyl sites for hydroxylation is 1. The van der Waals surface area contributed by atoms with Crippen molar-refractivity contribution in [3.05, 3.63) is 71.9 Å². The molecule has 0 radical (unpaired) electrons. The Morgan fingerprint density at radius 2 is 1.78 bits per heavy atom. The Morgan fingerprint density at radius 3 is 2.56 bits per heavy atom. The second-order valence-electron chi connectivity index (χ2n) is 6.34. The van der Waals surface area contributed by atoms with E-state index >= 15 is 0 Å². The van der Waals surface area contributed by atoms with Crippen molar-refractivity contribution >= 4 is 23.1 Å². The first-order valence-corrected chi connectivity index (χ1v) is 8.64. The van der Waals surface area contributed by atoms with Crippen LogP contribution in [0.15, 0.2) is 60.8 Å². The zero-order valence-electron chi connectivity index (χ0n) is 14.9. The Kier molecular flexibility index (Phi) is 4.61. The van der Waals surface area contributed by atoms with Crippen LogP contribution in [0.5, 0.6) is 11.5 Å². The molecule has 0 aliphatic carbocycles. The number of carbonyl (C=O) groups is 1. The van der Waals surface area contributed by atoms with Crippen molar-refractivity contribution in [2.45, 2.75) is 13.3 Å². The van der Waals surface area contributed by atoms with E-state index in [1.165, 1.54) is 5.56 Å². The summed E-state index contributed by atoms with van der Waals surface area (Å²) in [5.74, 6) is 2.04. The molecular weight excluding hydrogens is 342 g/mol. The molecule has 2 aromatic carbocycles. The second-order valence-corrected chi connectivity index (χ2v) is 6.34. The summed E-state index contributed by atoms with van der Waals surface area (Å²) in [5.41, 5.74) is 3.66. The maximum Gasteiger partial charge on any atom is 0.231 e. The zero-order valence-corrected chi connectivity index (χ0v) is 14.9. The SMILES string of the molecule is Cc1ccc(CC(=O)Nc2ccc(Nc3ccc4c(c3)OCO4)nc2)cc1. The average Bonchev–Trinajstić information content (AvgIpc) is 3.13. The molecule has 0 atom stereocenters. The van der Waals surface area contributed by atoms with Crippen molar-refractivity contribution in [3.8, 4) is 11.5 Å². The number of nitrogens with zero attached hydrogens (tertiary/aromatic N) is 1. The van der Waals surface area contributed by atoms with Crippen molar-refractivity contribution in [2.24, 2.45) is 0 Å². The van der Waals surface area contributed by atoms with Gasteiger partial charge in [-0.25, -0.2) is 4.98 Å². The van der Waals surface area contributed by atoms with E-state index in [-0.39, 0.29) is 12.7 Å². The molecule has 1 amide bonds. The third-order valence-corrected chi connectivity index (χ3v) is 4.18. The van der Waals surface area contributed by atoms with Crippen LogP contribution >= 0.6 is 0 Å². The van der Waals surface area contributed by atoms with Crippen LogP contribution in [0.25, 0.3) is 0 Å². The van der Waals surface area contributed by atoms with Crippen LogP contribution in [-0.2, 0) is 11.2 Å². The number of benzene rings is 2. The maximum atomic E-state index is 12.2. The van der Waals surface area contributed by atoms with Crippen LogP contribution < -0.4 is 20.1 Å². The highest BCUT2D eigenvalue weighted by molar-refractivity contribution is 5.92. The van der Waals surface area contributed by atoms with Gasteiger partial charge in [-0.2, -0.15) is 0 Å². The zero-order chi connectivity index (χ0) is 18.6. The highest BCUT2D eigenvalue weighted by atomic mass is 16.7. The van der Waals surface area contributed by atoms with Gasteiger partial charge in [0.15, 0.2) is 11.5 Å². The molecule has 0 unspecified atom stereocenters. The number of anilines is 3. The molecule has 0 fully saturated rings. The van der Waals surface area contributed by atoms with E-state index in [9.17, 15) is 4.79 Å². The number of amides is 1. The molecular formula is C21H19N3O3. The van der Waals surface area contributed by atoms with Gasteiger partial charge in [0.25, 0.3) is 0 Å². The number of ether oxygens (including phenoxy) is 2. The van der Waals surface area contributed by atoms with Gasteiger partial charge in [0.1, 0.15) is 5.82 Å². The lowest BCUT2D eigenvalue weighted by Gasteiger charge is -2.09. The number of nitrogens with one attached hydrogen (secondary N) is 2. The number of carbonyl (C=O) groups excluding carboxylic acids is 1. The minimum absolute atomic E-state index is 0.0721. The van der Waals surface area contributed by atoms with E-state index in [0.29, 0.717) is 23.7 Å². The summed E-state index contributed by atoms with van der Waals surface area (Å²) in [6.45, 7) is 2.27. The Hall–Kier alpha value is -3.54. The number of aromatic nitrogens is 1. The summed E-state index contributed by atoms with van der Waals surface area (Å²) in [6.07, 6.45) is 1.96. The Labute approximate surface area is 157 Å². The lowest BCUT2D eigenvalue weighted by Crippen LogP contribution is -2.14. The third-order valence-electron chi connectivity index (χ3n) is 4.18. The van der Waals surface area contributed by atoms with Gasteiger partial charge in [-0.05, 0) is 36.8 Å². The first kappa shape index (κ1) is 16.9. The van der Waals surface area contributed by atoms with Gasteiger partial charge in [0.2, 0.25) is 12.7 Å². The van der Waals surface area contributed by atoms with E-state index in [2.05, 4.69) is 15.6 Å². The molecule has 2 N–H and O–H groups in total. The van der Waals surface area contributed by atoms with Gasteiger partial charge in [-0.3, -0.25) is 4.79 Å². The molecule has 3 aromatic rings. The fourth-order valence-corrected chi connectivity index (χ4v) is 2.76. The Morgan fingerprint density at radius 1 is 1.00 bits per heavy atom. The van der Waals surface area contributed by atoms with E-state index in [1.54, 1.807) is 6.20 Å². The molecule has 2 heterocycles. The first-order chi connectivity index (χ1) is 13.2. The molecule has 1 aromatic heterocycles. The summed E-state index contributed by atoms with van der Waals surface area (Å²) in [4.78, 5) is 16.5. The summed E-state index contributed by atoms with van der Waals surface area (Å²) in [7, 11) is 0. The number of rotatable bonds is 5. The van der Waals surface area contributed by atoms with E-state index < -0.39 is 0 Å². The molecule has 0 saturated carbocycles. The number of pyridine rings is 1. The standard InChI is InChI=1S/C21H19N3O3/c1-14-2-4-15(5-3-14)10-21(25)24-17-7-9-20(22-12-17)23-16-6-8-18-19(11-16)27-13-26-18/h2-9,11-12H,10,13H2,1H3,(H,22,23)(H,24,25). The predicted octanol–water partition coefficient (Wildman–Crippen LogP) is 4.04. The Balaban J connectivity index is 1.35. The van der Waals surface area contributed by atoms with Crippen molar-refractivity contribution in [3.63, 3.8) is 0 Å². The summed E-state index contributed by atoms with van der Waals surface area (Å²) in [5, 5.41) is 6.06. The molecule has 4 rings (SSSR count). The summed E-state index contributed by atoms with van der Waals surface area (Å²) < 4.78 is 10.7. The smallest absolute Gasteiger partial charge is 0.231 e. The fraction of sp³-hybridized carbons (Fsp3) is 0.143. The lowest BCUT2D eigenvalue weighted by molar-refractivity contribution is -0.115. The van der Waals surface area contributed by atoms with Crippen LogP contribution in [0.3, 0.4) is 0 Å². The summed E-state index contributed by atoms with van der Waals surface area (Å²) in [6, 6.07) is 17.2. The van der Waals surface area contributed by atoms with E-state index in [4.69, 9.17) is 9.47 Å². The van der Waals surface area contributed by atoms with Crippen molar-refractivity contribution in [2.75, 3.05) is 17.4 Å². The highest BCUT2D eigenvalue weighted by Crippen LogP contribution is 2.34. The third kappa shape index (κ3) is 4.17. The molecule has 1 aliphatic rings. The van der Waals surface area contributed by atoms with Gasteiger partial charge in [0, 0.05) is 11.8 Å². The molecule has 0 spiro atoms. The second kappa shape index (κ2) is 7.37. The summed E-state index contributed by atoms with van der Waals surface area (Å²) >= 11 is 0. The number of hydrogen-bond donors (Lipinski definition) is 2. The lowest BCUT2D eigenvalue weighted by atomic mass is 10.1. The maximum absolute atomic E-state index is 12.2. The van der Waals surface area contributed by atoms with Crippen molar-refractivity contribution in [1.29, 1.82) is 0 Å². The van der Waals surface area contributed by atoms with Crippen LogP contribution in [0.1, 0.15) is 11.1 Å². The molecule has 27 heavy (non-hydrogen) atoms. The average molecular weight is 361 g/mol. The highest BCUT2D eigenvalue weighted by Gasteiger charge is 2.13. The predicted molar refractivity (Wildman–Crippen MR) is 104 cm³/mol. The molecule has 136 valence electrons. The van der Waals surface area contributed by atoms with E-state index in [1.807, 2.05) is 61.5 Å². The number of hydrogen-bond acceptors (Lipinski definition) is 5. The van der Waals surface area contributed by atoms with Crippen LogP contribution in [0, 0.1) is 6.92 Å². The molecule has 1 aliphatic heterocycles. The Bertz CT molecular complexity index is 953. The van der Waals surface area contributed by atoms with Crippen LogP contribution in [-0.4, -0.2) is 17.7 Å². The molecule has 6 nitrogen and oxygen atoms in total. The minimum Gasteiger partial charge on any atom is -0.454 e. The van der Waals surface area contributed by atoms with Gasteiger partial charge in [-0.1, -0.05) is 29.8 Å². The molecule has 6 heteroatoms. The van der Waals surface area contributed by atoms with Gasteiger partial charge in [-0.15, -0.1) is 0 Å².